The molecule has 0 aromatic heterocycles. The molecule has 2 aromatic rings. The lowest BCUT2D eigenvalue weighted by Gasteiger charge is -2.31. The van der Waals surface area contributed by atoms with Gasteiger partial charge in [0.05, 0.1) is 29.5 Å². The van der Waals surface area contributed by atoms with Crippen molar-refractivity contribution in [3.63, 3.8) is 0 Å². The Balaban J connectivity index is 1.89. The number of nitrogens with one attached hydrogen (secondary N) is 2. The minimum Gasteiger partial charge on any atom is -0.468 e. The van der Waals surface area contributed by atoms with E-state index in [-0.39, 0.29) is 22.3 Å². The number of allylic oxidation sites excluding steroid dienone is 1. The molecule has 0 fully saturated rings. The smallest absolute Gasteiger partial charge is 0.319 e. The summed E-state index contributed by atoms with van der Waals surface area (Å²) in [4.78, 5) is 37.8. The molecule has 0 unspecified atom stereocenters. The summed E-state index contributed by atoms with van der Waals surface area (Å²) in [7, 11) is 1.20. The second kappa shape index (κ2) is 10.7. The first-order chi connectivity index (χ1) is 15.7. The number of nitrogens with zero attached hydrogens (tertiary/aromatic N) is 1. The zero-order valence-electron chi connectivity index (χ0n) is 18.3. The van der Waals surface area contributed by atoms with E-state index in [1.165, 1.54) is 7.11 Å². The Labute approximate surface area is 204 Å². The summed E-state index contributed by atoms with van der Waals surface area (Å²) in [6, 6.07) is 14.9. The summed E-state index contributed by atoms with van der Waals surface area (Å²) in [5.41, 5.74) is 3.55. The predicted molar refractivity (Wildman–Crippen MR) is 130 cm³/mol. The van der Waals surface area contributed by atoms with Gasteiger partial charge in [0.25, 0.3) is 0 Å². The van der Waals surface area contributed by atoms with Gasteiger partial charge in [-0.05, 0) is 54.8 Å². The molecule has 1 heterocycles. The topological polar surface area (TPSA) is 108 Å². The molecule has 170 valence electrons. The monoisotopic (exact) mass is 527 g/mol. The number of anilines is 1. The molecule has 9 heteroatoms. The number of carbonyl (C=O) groups excluding carboxylic acids is 3. The molecule has 0 radical (unpaired) electrons. The van der Waals surface area contributed by atoms with Gasteiger partial charge in [-0.15, -0.1) is 0 Å². The molecule has 33 heavy (non-hydrogen) atoms. The fourth-order valence-electron chi connectivity index (χ4n) is 3.76. The first-order valence-electron chi connectivity index (χ1n) is 10.0. The van der Waals surface area contributed by atoms with Crippen LogP contribution in [0, 0.1) is 31.1 Å². The molecule has 0 saturated carbocycles. The molecule has 2 N–H and O–H groups in total. The fourth-order valence-corrected chi connectivity index (χ4v) is 5.03. The number of halogens is 1. The number of nitriles is 1. The van der Waals surface area contributed by atoms with Crippen LogP contribution in [0.2, 0.25) is 0 Å². The Morgan fingerprint density at radius 1 is 1.21 bits per heavy atom. The van der Waals surface area contributed by atoms with Crippen molar-refractivity contribution in [3.05, 3.63) is 74.2 Å². The van der Waals surface area contributed by atoms with E-state index >= 15 is 0 Å². The lowest BCUT2D eigenvalue weighted by molar-refractivity contribution is -0.150. The van der Waals surface area contributed by atoms with E-state index in [2.05, 4.69) is 32.6 Å². The highest BCUT2D eigenvalue weighted by molar-refractivity contribution is 9.10. The Morgan fingerprint density at radius 2 is 1.91 bits per heavy atom. The zero-order valence-corrected chi connectivity index (χ0v) is 20.7. The maximum atomic E-state index is 12.9. The number of methoxy groups -OCH3 is 1. The molecular weight excluding hydrogens is 506 g/mol. The van der Waals surface area contributed by atoms with Gasteiger partial charge >= 0.3 is 5.97 Å². The van der Waals surface area contributed by atoms with Crippen LogP contribution in [0.25, 0.3) is 0 Å². The lowest BCUT2D eigenvalue weighted by Crippen LogP contribution is -2.44. The van der Waals surface area contributed by atoms with Crippen LogP contribution in [0.1, 0.15) is 22.6 Å². The van der Waals surface area contributed by atoms with E-state index in [4.69, 9.17) is 4.74 Å². The van der Waals surface area contributed by atoms with Crippen LogP contribution in [0.5, 0.6) is 0 Å². The molecule has 0 bridgehead atoms. The van der Waals surface area contributed by atoms with Crippen LogP contribution in [0.4, 0.5) is 5.69 Å². The minimum absolute atomic E-state index is 0.0259. The zero-order chi connectivity index (χ0) is 24.1. The van der Waals surface area contributed by atoms with Crippen LogP contribution in [0.3, 0.4) is 0 Å². The van der Waals surface area contributed by atoms with E-state index < -0.39 is 23.7 Å². The number of thioether (sulfide) groups is 1. The van der Waals surface area contributed by atoms with Gasteiger partial charge in [0.2, 0.25) is 11.8 Å². The minimum atomic E-state index is -1.22. The largest absolute Gasteiger partial charge is 0.468 e. The molecule has 3 rings (SSSR count). The molecule has 2 atom stereocenters. The standard InChI is InChI=1S/C24H22BrN3O4S/c1-13-7-14(2)9-17(8-13)27-19(29)12-33-23-18(11-26)20(15-5-4-6-16(25)10-15)21(22(30)28-23)24(31)32-3/h4-10,20-21H,12H2,1-3H3,(H,27,29)(H,28,30)/t20-,21-/m1/s1. The van der Waals surface area contributed by atoms with Gasteiger partial charge in [0.15, 0.2) is 0 Å². The SMILES string of the molecule is COC(=O)[C@H]1C(=O)NC(SCC(=O)Nc2cc(C)cc(C)c2)=C(C#N)[C@H]1c1cccc(Br)c1. The van der Waals surface area contributed by atoms with Crippen LogP contribution < -0.4 is 10.6 Å². The molecule has 1 aliphatic heterocycles. The number of carbonyl (C=O) groups is 3. The maximum absolute atomic E-state index is 12.9. The van der Waals surface area contributed by atoms with Gasteiger partial charge in [-0.3, -0.25) is 14.4 Å². The Bertz CT molecular complexity index is 1170. The average molecular weight is 528 g/mol. The van der Waals surface area contributed by atoms with Crippen molar-refractivity contribution in [1.29, 1.82) is 5.26 Å². The highest BCUT2D eigenvalue weighted by atomic mass is 79.9. The number of esters is 1. The van der Waals surface area contributed by atoms with Crippen LogP contribution in [-0.4, -0.2) is 30.6 Å². The third-order valence-corrected chi connectivity index (χ3v) is 6.55. The summed E-state index contributed by atoms with van der Waals surface area (Å²) in [6.07, 6.45) is 0. The molecule has 2 amide bonds. The van der Waals surface area contributed by atoms with Gasteiger partial charge in [0, 0.05) is 16.1 Å². The fraction of sp³-hybridized carbons (Fsp3) is 0.250. The quantitative estimate of drug-likeness (QED) is 0.431. The van der Waals surface area contributed by atoms with E-state index in [0.29, 0.717) is 11.3 Å². The number of hydrogen-bond donors (Lipinski definition) is 2. The summed E-state index contributed by atoms with van der Waals surface area (Å²) in [6.45, 7) is 3.89. The van der Waals surface area contributed by atoms with Crippen molar-refractivity contribution in [2.75, 3.05) is 18.2 Å². The summed E-state index contributed by atoms with van der Waals surface area (Å²) >= 11 is 4.44. The molecule has 0 spiro atoms. The second-order valence-electron chi connectivity index (χ2n) is 7.59. The van der Waals surface area contributed by atoms with Gasteiger partial charge in [-0.1, -0.05) is 45.9 Å². The number of amides is 2. The summed E-state index contributed by atoms with van der Waals surface area (Å²) in [5, 5.41) is 15.7. The number of hydrogen-bond acceptors (Lipinski definition) is 6. The third-order valence-electron chi connectivity index (χ3n) is 5.04. The molecule has 0 aliphatic carbocycles. The van der Waals surface area contributed by atoms with Gasteiger partial charge in [0.1, 0.15) is 5.92 Å². The number of aryl methyl sites for hydroxylation is 2. The van der Waals surface area contributed by atoms with Crippen molar-refractivity contribution in [1.82, 2.24) is 5.32 Å². The Morgan fingerprint density at radius 3 is 2.52 bits per heavy atom. The van der Waals surface area contributed by atoms with Crippen molar-refractivity contribution in [3.8, 4) is 6.07 Å². The van der Waals surface area contributed by atoms with E-state index in [9.17, 15) is 19.6 Å². The van der Waals surface area contributed by atoms with E-state index in [1.54, 1.807) is 18.2 Å². The molecule has 0 saturated heterocycles. The second-order valence-corrected chi connectivity index (χ2v) is 9.49. The van der Waals surface area contributed by atoms with Crippen molar-refractivity contribution in [2.45, 2.75) is 19.8 Å². The van der Waals surface area contributed by atoms with Gasteiger partial charge < -0.3 is 15.4 Å². The molecule has 7 nitrogen and oxygen atoms in total. The van der Waals surface area contributed by atoms with Gasteiger partial charge in [-0.25, -0.2) is 0 Å². The first-order valence-corrected chi connectivity index (χ1v) is 11.8. The number of benzene rings is 2. The third kappa shape index (κ3) is 5.83. The van der Waals surface area contributed by atoms with Crippen LogP contribution >= 0.6 is 27.7 Å². The highest BCUT2D eigenvalue weighted by Gasteiger charge is 2.44. The molecule has 2 aromatic carbocycles. The Hall–Kier alpha value is -3.09. The number of rotatable bonds is 6. The van der Waals surface area contributed by atoms with E-state index in [0.717, 1.165) is 27.4 Å². The predicted octanol–water partition coefficient (Wildman–Crippen LogP) is 4.18. The van der Waals surface area contributed by atoms with Gasteiger partial charge in [-0.2, -0.15) is 5.26 Å². The summed E-state index contributed by atoms with van der Waals surface area (Å²) < 4.78 is 5.58. The number of ether oxygens (including phenoxy) is 1. The lowest BCUT2D eigenvalue weighted by atomic mass is 9.78. The maximum Gasteiger partial charge on any atom is 0.319 e. The van der Waals surface area contributed by atoms with Crippen LogP contribution in [-0.2, 0) is 19.1 Å². The van der Waals surface area contributed by atoms with Crippen LogP contribution in [0.15, 0.2) is 57.5 Å². The first kappa shape index (κ1) is 24.6. The van der Waals surface area contributed by atoms with Crippen molar-refractivity contribution in [2.24, 2.45) is 5.92 Å². The molecule has 1 aliphatic rings. The normalized spacial score (nSPS) is 17.7. The average Bonchev–Trinajstić information content (AvgIpc) is 2.75. The van der Waals surface area contributed by atoms with Crippen molar-refractivity contribution < 1.29 is 19.1 Å². The van der Waals surface area contributed by atoms with E-state index in [1.807, 2.05) is 38.1 Å². The summed E-state index contributed by atoms with van der Waals surface area (Å²) in [5.74, 6) is -3.67. The Kier molecular flexibility index (Phi) is 7.95. The highest BCUT2D eigenvalue weighted by Crippen LogP contribution is 2.40. The van der Waals surface area contributed by atoms with Crippen molar-refractivity contribution >= 4 is 51.2 Å². The molecular formula is C24H22BrN3O4S.